The molecule has 132 valence electrons. The summed E-state index contributed by atoms with van der Waals surface area (Å²) in [4.78, 5) is 4.32. The second-order valence-electron chi connectivity index (χ2n) is 5.49. The first-order chi connectivity index (χ1) is 10.3. The number of aliphatic hydroxyl groups is 2. The van der Waals surface area contributed by atoms with Crippen LogP contribution in [0.15, 0.2) is 5.16 Å². The van der Waals surface area contributed by atoms with Crippen LogP contribution in [0, 0.1) is 11.8 Å². The number of hydrogen-bond acceptors (Lipinski definition) is 5. The predicted octanol–water partition coefficient (Wildman–Crippen LogP) is 3.17. The minimum absolute atomic E-state index is 0.0185. The zero-order chi connectivity index (χ0) is 17.3. The Balaban J connectivity index is 0.000000406. The quantitative estimate of drug-likeness (QED) is 0.575. The highest BCUT2D eigenvalue weighted by molar-refractivity contribution is 8.00. The fourth-order valence-corrected chi connectivity index (χ4v) is 3.50. The first-order valence-electron chi connectivity index (χ1n) is 7.66. The van der Waals surface area contributed by atoms with Gasteiger partial charge >= 0.3 is 0 Å². The van der Waals surface area contributed by atoms with E-state index < -0.39 is 29.8 Å². The Morgan fingerprint density at radius 3 is 2.32 bits per heavy atom. The van der Waals surface area contributed by atoms with E-state index in [-0.39, 0.29) is 5.92 Å². The molecule has 1 aliphatic heterocycles. The summed E-state index contributed by atoms with van der Waals surface area (Å²) in [5.74, 6) is -0.418. The lowest BCUT2D eigenvalue weighted by atomic mass is 9.98. The lowest BCUT2D eigenvalue weighted by Gasteiger charge is -2.17. The lowest BCUT2D eigenvalue weighted by molar-refractivity contribution is 0.0827. The Bertz CT molecular complexity index is 323. The second kappa shape index (κ2) is 11.2. The van der Waals surface area contributed by atoms with Crippen LogP contribution in [0.1, 0.15) is 40.5 Å². The fourth-order valence-electron chi connectivity index (χ4n) is 2.15. The number of rotatable bonds is 6. The van der Waals surface area contributed by atoms with Gasteiger partial charge in [-0.1, -0.05) is 32.9 Å². The van der Waals surface area contributed by atoms with Crippen molar-refractivity contribution in [2.75, 3.05) is 7.11 Å². The molecule has 0 radical (unpaired) electrons. The molecule has 7 atom stereocenters. The van der Waals surface area contributed by atoms with Crippen LogP contribution in [0.4, 0.5) is 8.78 Å². The van der Waals surface area contributed by atoms with E-state index in [1.54, 1.807) is 13.8 Å². The van der Waals surface area contributed by atoms with Crippen molar-refractivity contribution in [2.24, 2.45) is 17.0 Å². The van der Waals surface area contributed by atoms with Crippen molar-refractivity contribution in [3.05, 3.63) is 0 Å². The van der Waals surface area contributed by atoms with Gasteiger partial charge < -0.3 is 15.1 Å². The van der Waals surface area contributed by atoms with Gasteiger partial charge in [-0.15, -0.1) is 11.8 Å². The molecule has 1 rings (SSSR count). The number of aliphatic hydroxyl groups excluding tert-OH is 2. The van der Waals surface area contributed by atoms with Crippen molar-refractivity contribution in [1.82, 2.24) is 0 Å². The number of thioether (sulfide) groups is 1. The maximum Gasteiger partial charge on any atom is 0.143 e. The van der Waals surface area contributed by atoms with Crippen LogP contribution in [0.2, 0.25) is 0 Å². The third kappa shape index (κ3) is 6.79. The van der Waals surface area contributed by atoms with Gasteiger partial charge in [-0.2, -0.15) is 0 Å². The molecule has 0 aromatic rings. The van der Waals surface area contributed by atoms with Gasteiger partial charge in [0.25, 0.3) is 0 Å². The molecule has 1 heterocycles. The molecule has 1 fully saturated rings. The molecule has 0 spiro atoms. The average Bonchev–Trinajstić information content (AvgIpc) is 2.78. The van der Waals surface area contributed by atoms with E-state index in [2.05, 4.69) is 9.99 Å². The number of hydrogen-bond donors (Lipinski definition) is 2. The predicted molar refractivity (Wildman–Crippen MR) is 87.6 cm³/mol. The summed E-state index contributed by atoms with van der Waals surface area (Å²) in [6.07, 6.45) is -0.340. The molecule has 0 amide bonds. The first kappa shape index (κ1) is 21.6. The monoisotopic (exact) mass is 341 g/mol. The van der Waals surface area contributed by atoms with Crippen LogP contribution < -0.4 is 0 Å². The molecule has 1 saturated heterocycles. The Morgan fingerprint density at radius 1 is 1.41 bits per heavy atom. The van der Waals surface area contributed by atoms with E-state index in [9.17, 15) is 13.9 Å². The summed E-state index contributed by atoms with van der Waals surface area (Å²) in [5.41, 5.74) is -0.778. The number of alkyl halides is 2. The SMILES string of the molecule is CC[C@@H](O)[C@@H](C)[C@H](F)C=NOC.CC[C@H]1SC(O)[C@@H](F)[C@@H]1C. The van der Waals surface area contributed by atoms with E-state index >= 15 is 0 Å². The maximum atomic E-state index is 13.0. The van der Waals surface area contributed by atoms with Crippen molar-refractivity contribution < 1.29 is 23.8 Å². The minimum Gasteiger partial charge on any atom is -0.399 e. The molecule has 1 aliphatic rings. The van der Waals surface area contributed by atoms with Crippen LogP contribution >= 0.6 is 11.8 Å². The molecular formula is C15H29F2NO3S. The highest BCUT2D eigenvalue weighted by Gasteiger charge is 2.39. The summed E-state index contributed by atoms with van der Waals surface area (Å²) >= 11 is 1.36. The highest BCUT2D eigenvalue weighted by atomic mass is 32.2. The van der Waals surface area contributed by atoms with Crippen molar-refractivity contribution >= 4 is 18.0 Å². The topological polar surface area (TPSA) is 62.1 Å². The van der Waals surface area contributed by atoms with E-state index in [4.69, 9.17) is 5.11 Å². The second-order valence-corrected chi connectivity index (χ2v) is 6.85. The van der Waals surface area contributed by atoms with Gasteiger partial charge in [0.1, 0.15) is 24.9 Å². The van der Waals surface area contributed by atoms with Gasteiger partial charge in [0.05, 0.1) is 12.3 Å². The minimum atomic E-state index is -1.25. The van der Waals surface area contributed by atoms with E-state index in [0.29, 0.717) is 11.7 Å². The van der Waals surface area contributed by atoms with Gasteiger partial charge in [0.15, 0.2) is 0 Å². The third-order valence-corrected chi connectivity index (χ3v) is 5.56. The van der Waals surface area contributed by atoms with Gasteiger partial charge in [0, 0.05) is 17.1 Å². The van der Waals surface area contributed by atoms with Crippen molar-refractivity contribution in [1.29, 1.82) is 0 Å². The molecule has 0 aromatic carbocycles. The molecule has 1 unspecified atom stereocenters. The van der Waals surface area contributed by atoms with Gasteiger partial charge in [-0.05, 0) is 12.8 Å². The summed E-state index contributed by atoms with van der Waals surface area (Å²) in [6.45, 7) is 7.34. The average molecular weight is 341 g/mol. The Hall–Kier alpha value is -0.400. The van der Waals surface area contributed by atoms with Gasteiger partial charge in [0.2, 0.25) is 0 Å². The third-order valence-electron chi connectivity index (χ3n) is 3.91. The molecule has 0 bridgehead atoms. The normalized spacial score (nSPS) is 32.2. The molecule has 0 aliphatic carbocycles. The highest BCUT2D eigenvalue weighted by Crippen LogP contribution is 2.40. The fraction of sp³-hybridized carbons (Fsp3) is 0.933. The molecule has 7 heteroatoms. The summed E-state index contributed by atoms with van der Waals surface area (Å²) < 4.78 is 25.9. The first-order valence-corrected chi connectivity index (χ1v) is 8.60. The van der Waals surface area contributed by atoms with Gasteiger partial charge in [-0.25, -0.2) is 8.78 Å². The van der Waals surface area contributed by atoms with E-state index in [0.717, 1.165) is 12.6 Å². The standard InChI is InChI=1S/C8H16FNO2.C7H13FOS/c1-4-8(11)6(2)7(9)5-10-12-3;1-3-5-4(2)6(8)7(9)10-5/h5-8,11H,4H2,1-3H3;4-7,9H,3H2,1-2H3/t6-,7+,8+;4-,5-,6+,7?/m01/s1. The lowest BCUT2D eigenvalue weighted by Crippen LogP contribution is -2.27. The van der Waals surface area contributed by atoms with Crippen LogP contribution in [0.3, 0.4) is 0 Å². The van der Waals surface area contributed by atoms with Gasteiger partial charge in [-0.3, -0.25) is 0 Å². The number of nitrogens with zero attached hydrogens (tertiary/aromatic N) is 1. The molecule has 22 heavy (non-hydrogen) atoms. The zero-order valence-electron chi connectivity index (χ0n) is 13.9. The van der Waals surface area contributed by atoms with Crippen LogP contribution in [0.25, 0.3) is 0 Å². The van der Waals surface area contributed by atoms with E-state index in [1.165, 1.54) is 18.9 Å². The zero-order valence-corrected chi connectivity index (χ0v) is 14.8. The molecule has 0 saturated carbocycles. The molecule has 4 nitrogen and oxygen atoms in total. The number of oxime groups is 1. The molecule has 0 aromatic heterocycles. The van der Waals surface area contributed by atoms with Crippen LogP contribution in [0.5, 0.6) is 0 Å². The van der Waals surface area contributed by atoms with Crippen LogP contribution in [-0.4, -0.2) is 52.7 Å². The Kier molecular flexibility index (Phi) is 11.0. The smallest absolute Gasteiger partial charge is 0.143 e. The molecule has 2 N–H and O–H groups in total. The summed E-state index contributed by atoms with van der Waals surface area (Å²) in [7, 11) is 1.35. The maximum absolute atomic E-state index is 13.0. The van der Waals surface area contributed by atoms with Crippen molar-refractivity contribution in [3.63, 3.8) is 0 Å². The van der Waals surface area contributed by atoms with Crippen molar-refractivity contribution in [2.45, 2.75) is 69.7 Å². The van der Waals surface area contributed by atoms with E-state index in [1.807, 2.05) is 13.8 Å². The Morgan fingerprint density at radius 2 is 2.00 bits per heavy atom. The molecular weight excluding hydrogens is 312 g/mol. The van der Waals surface area contributed by atoms with Crippen LogP contribution in [-0.2, 0) is 4.84 Å². The number of halogens is 2. The van der Waals surface area contributed by atoms with Crippen molar-refractivity contribution in [3.8, 4) is 0 Å². The summed E-state index contributed by atoms with van der Waals surface area (Å²) in [6, 6.07) is 0. The summed E-state index contributed by atoms with van der Waals surface area (Å²) in [5, 5.41) is 21.9. The largest absolute Gasteiger partial charge is 0.399 e. The Labute approximate surface area is 136 Å².